The zero-order valence-corrected chi connectivity index (χ0v) is 10.00. The number of carbonyl (C=O) groups is 2. The molecule has 0 N–H and O–H groups in total. The molecular weight excluding hydrogens is 224 g/mol. The Morgan fingerprint density at radius 3 is 2.71 bits per heavy atom. The van der Waals surface area contributed by atoms with Gasteiger partial charge in [-0.15, -0.1) is 0 Å². The van der Waals surface area contributed by atoms with Crippen molar-refractivity contribution in [2.45, 2.75) is 20.4 Å². The number of rotatable bonds is 6. The van der Waals surface area contributed by atoms with Gasteiger partial charge in [0.05, 0.1) is 6.61 Å². The average Bonchev–Trinajstić information content (AvgIpc) is 2.78. The standard InChI is InChI=1S/C10H16N4O3/c1-3-13(6-10(16)17-4-2)9(15)5-14-8-11-7-12-14/h7-8H,3-6H2,1-2H3. The van der Waals surface area contributed by atoms with Gasteiger partial charge in [0.15, 0.2) is 0 Å². The first-order chi connectivity index (χ1) is 8.17. The van der Waals surface area contributed by atoms with E-state index >= 15 is 0 Å². The average molecular weight is 240 g/mol. The molecule has 0 radical (unpaired) electrons. The summed E-state index contributed by atoms with van der Waals surface area (Å²) in [5.74, 6) is -0.590. The molecule has 1 amide bonds. The molecular formula is C10H16N4O3. The Morgan fingerprint density at radius 1 is 1.41 bits per heavy atom. The summed E-state index contributed by atoms with van der Waals surface area (Å²) in [5.41, 5.74) is 0. The normalized spacial score (nSPS) is 10.0. The third-order valence-corrected chi connectivity index (χ3v) is 2.12. The van der Waals surface area contributed by atoms with E-state index in [9.17, 15) is 9.59 Å². The van der Waals surface area contributed by atoms with Crippen LogP contribution in [0.5, 0.6) is 0 Å². The van der Waals surface area contributed by atoms with E-state index in [-0.39, 0.29) is 19.0 Å². The molecule has 0 aliphatic rings. The number of amides is 1. The summed E-state index contributed by atoms with van der Waals surface area (Å²) in [6.45, 7) is 4.34. The predicted molar refractivity (Wildman–Crippen MR) is 58.9 cm³/mol. The van der Waals surface area contributed by atoms with Crippen LogP contribution in [0.15, 0.2) is 12.7 Å². The van der Waals surface area contributed by atoms with Crippen LogP contribution in [-0.2, 0) is 20.9 Å². The Labute approximate surface area is 99.4 Å². The van der Waals surface area contributed by atoms with Crippen LogP contribution < -0.4 is 0 Å². The molecule has 0 saturated heterocycles. The highest BCUT2D eigenvalue weighted by molar-refractivity contribution is 5.81. The van der Waals surface area contributed by atoms with E-state index in [1.54, 1.807) is 13.8 Å². The topological polar surface area (TPSA) is 77.3 Å². The molecule has 0 bridgehead atoms. The number of hydrogen-bond acceptors (Lipinski definition) is 5. The molecule has 1 aromatic rings. The molecule has 0 aliphatic carbocycles. The number of hydrogen-bond donors (Lipinski definition) is 0. The van der Waals surface area contributed by atoms with Gasteiger partial charge in [-0.3, -0.25) is 9.59 Å². The van der Waals surface area contributed by atoms with Gasteiger partial charge < -0.3 is 9.64 Å². The van der Waals surface area contributed by atoms with E-state index in [1.165, 1.54) is 22.2 Å². The highest BCUT2D eigenvalue weighted by Crippen LogP contribution is 1.94. The van der Waals surface area contributed by atoms with Gasteiger partial charge in [-0.1, -0.05) is 0 Å². The third-order valence-electron chi connectivity index (χ3n) is 2.12. The van der Waals surface area contributed by atoms with Crippen molar-refractivity contribution in [2.24, 2.45) is 0 Å². The van der Waals surface area contributed by atoms with E-state index < -0.39 is 5.97 Å². The van der Waals surface area contributed by atoms with Crippen LogP contribution in [0, 0.1) is 0 Å². The molecule has 0 aliphatic heterocycles. The Morgan fingerprint density at radius 2 is 2.18 bits per heavy atom. The highest BCUT2D eigenvalue weighted by Gasteiger charge is 2.16. The fourth-order valence-electron chi connectivity index (χ4n) is 1.29. The molecule has 7 heteroatoms. The lowest BCUT2D eigenvalue weighted by atomic mass is 10.4. The van der Waals surface area contributed by atoms with Crippen molar-refractivity contribution in [3.05, 3.63) is 12.7 Å². The van der Waals surface area contributed by atoms with Crippen molar-refractivity contribution in [3.63, 3.8) is 0 Å². The molecule has 1 aromatic heterocycles. The fraction of sp³-hybridized carbons (Fsp3) is 0.600. The van der Waals surface area contributed by atoms with Gasteiger partial charge in [0.1, 0.15) is 25.7 Å². The predicted octanol–water partition coefficient (Wildman–Crippen LogP) is -0.310. The SMILES string of the molecule is CCOC(=O)CN(CC)C(=O)Cn1cncn1. The summed E-state index contributed by atoms with van der Waals surface area (Å²) in [7, 11) is 0. The number of carbonyl (C=O) groups excluding carboxylic acids is 2. The maximum absolute atomic E-state index is 11.8. The van der Waals surface area contributed by atoms with E-state index in [0.29, 0.717) is 13.2 Å². The maximum atomic E-state index is 11.8. The first-order valence-electron chi connectivity index (χ1n) is 5.43. The third kappa shape index (κ3) is 4.21. The number of aromatic nitrogens is 3. The summed E-state index contributed by atoms with van der Waals surface area (Å²) in [5, 5.41) is 3.83. The van der Waals surface area contributed by atoms with Gasteiger partial charge in [0.25, 0.3) is 0 Å². The molecule has 1 rings (SSSR count). The Bertz CT molecular complexity index is 364. The van der Waals surface area contributed by atoms with Crippen molar-refractivity contribution >= 4 is 11.9 Å². The van der Waals surface area contributed by atoms with Gasteiger partial charge in [-0.25, -0.2) is 9.67 Å². The first kappa shape index (κ1) is 13.1. The zero-order valence-electron chi connectivity index (χ0n) is 10.00. The Balaban J connectivity index is 2.49. The van der Waals surface area contributed by atoms with Crippen molar-refractivity contribution in [2.75, 3.05) is 19.7 Å². The molecule has 0 fully saturated rings. The quantitative estimate of drug-likeness (QED) is 0.637. The summed E-state index contributed by atoms with van der Waals surface area (Å²) in [4.78, 5) is 28.2. The zero-order chi connectivity index (χ0) is 12.7. The van der Waals surface area contributed by atoms with Crippen molar-refractivity contribution in [1.82, 2.24) is 19.7 Å². The summed E-state index contributed by atoms with van der Waals surface area (Å²) < 4.78 is 6.20. The summed E-state index contributed by atoms with van der Waals surface area (Å²) in [6.07, 6.45) is 2.81. The molecule has 0 aromatic carbocycles. The second kappa shape index (κ2) is 6.62. The van der Waals surface area contributed by atoms with E-state index in [0.717, 1.165) is 0 Å². The van der Waals surface area contributed by atoms with E-state index in [2.05, 4.69) is 10.1 Å². The van der Waals surface area contributed by atoms with E-state index in [4.69, 9.17) is 4.74 Å². The van der Waals surface area contributed by atoms with Gasteiger partial charge in [-0.05, 0) is 13.8 Å². The second-order valence-electron chi connectivity index (χ2n) is 3.31. The van der Waals surface area contributed by atoms with Crippen LogP contribution in [0.2, 0.25) is 0 Å². The molecule has 17 heavy (non-hydrogen) atoms. The van der Waals surface area contributed by atoms with Crippen LogP contribution in [-0.4, -0.2) is 51.2 Å². The summed E-state index contributed by atoms with van der Waals surface area (Å²) in [6, 6.07) is 0. The van der Waals surface area contributed by atoms with Gasteiger partial charge in [0.2, 0.25) is 5.91 Å². The number of likely N-dealkylation sites (N-methyl/N-ethyl adjacent to an activating group) is 1. The smallest absolute Gasteiger partial charge is 0.325 e. The van der Waals surface area contributed by atoms with Crippen LogP contribution >= 0.6 is 0 Å². The lowest BCUT2D eigenvalue weighted by molar-refractivity contribution is -0.149. The molecule has 0 unspecified atom stereocenters. The van der Waals surface area contributed by atoms with Crippen molar-refractivity contribution in [1.29, 1.82) is 0 Å². The minimum atomic E-state index is -0.402. The largest absolute Gasteiger partial charge is 0.465 e. The maximum Gasteiger partial charge on any atom is 0.325 e. The van der Waals surface area contributed by atoms with Crippen LogP contribution in [0.1, 0.15) is 13.8 Å². The molecule has 0 saturated carbocycles. The van der Waals surface area contributed by atoms with Crippen LogP contribution in [0.25, 0.3) is 0 Å². The molecule has 0 spiro atoms. The Kier molecular flexibility index (Phi) is 5.12. The minimum absolute atomic E-state index is 0.0299. The Hall–Kier alpha value is -1.92. The minimum Gasteiger partial charge on any atom is -0.465 e. The van der Waals surface area contributed by atoms with Gasteiger partial charge >= 0.3 is 5.97 Å². The molecule has 7 nitrogen and oxygen atoms in total. The molecule has 1 heterocycles. The van der Waals surface area contributed by atoms with Crippen LogP contribution in [0.3, 0.4) is 0 Å². The monoisotopic (exact) mass is 240 g/mol. The van der Waals surface area contributed by atoms with Crippen molar-refractivity contribution in [3.8, 4) is 0 Å². The lowest BCUT2D eigenvalue weighted by Gasteiger charge is -2.19. The van der Waals surface area contributed by atoms with Crippen molar-refractivity contribution < 1.29 is 14.3 Å². The summed E-state index contributed by atoms with van der Waals surface area (Å²) >= 11 is 0. The number of ether oxygens (including phenoxy) is 1. The molecule has 0 atom stereocenters. The lowest BCUT2D eigenvalue weighted by Crippen LogP contribution is -2.38. The van der Waals surface area contributed by atoms with Crippen LogP contribution in [0.4, 0.5) is 0 Å². The number of nitrogens with zero attached hydrogens (tertiary/aromatic N) is 4. The van der Waals surface area contributed by atoms with Gasteiger partial charge in [0, 0.05) is 6.54 Å². The second-order valence-corrected chi connectivity index (χ2v) is 3.31. The van der Waals surface area contributed by atoms with Gasteiger partial charge in [-0.2, -0.15) is 5.10 Å². The fourth-order valence-corrected chi connectivity index (χ4v) is 1.29. The molecule has 94 valence electrons. The number of esters is 1. The highest BCUT2D eigenvalue weighted by atomic mass is 16.5. The van der Waals surface area contributed by atoms with E-state index in [1.807, 2.05) is 0 Å². The first-order valence-corrected chi connectivity index (χ1v) is 5.43.